The van der Waals surface area contributed by atoms with E-state index in [4.69, 9.17) is 0 Å². The van der Waals surface area contributed by atoms with E-state index >= 15 is 0 Å². The Morgan fingerprint density at radius 1 is 0.882 bits per heavy atom. The first-order chi connectivity index (χ1) is 8.21. The lowest BCUT2D eigenvalue weighted by Gasteiger charge is -2.53. The van der Waals surface area contributed by atoms with Gasteiger partial charge in [0.1, 0.15) is 0 Å². The highest BCUT2D eigenvalue weighted by Gasteiger charge is 2.48. The average Bonchev–Trinajstić information content (AvgIpc) is 2.29. The Bertz CT molecular complexity index is 272. The molecule has 0 spiro atoms. The first-order valence-corrected chi connectivity index (χ1v) is 7.73. The van der Waals surface area contributed by atoms with Crippen LogP contribution in [0, 0.1) is 11.8 Å². The van der Waals surface area contributed by atoms with E-state index in [1.54, 1.807) is 0 Å². The molecule has 0 unspecified atom stereocenters. The fourth-order valence-electron chi connectivity index (χ4n) is 4.98. The summed E-state index contributed by atoms with van der Waals surface area (Å²) >= 11 is 0. The number of aliphatic hydroxyl groups excluding tert-OH is 1. The number of quaternary nitrogens is 1. The zero-order valence-electron chi connectivity index (χ0n) is 11.3. The summed E-state index contributed by atoms with van der Waals surface area (Å²) in [6.45, 7) is 2.72. The van der Waals surface area contributed by atoms with Crippen LogP contribution in [-0.2, 0) is 0 Å². The van der Waals surface area contributed by atoms with Crippen LogP contribution in [-0.4, -0.2) is 41.9 Å². The van der Waals surface area contributed by atoms with Crippen LogP contribution in [0.1, 0.15) is 51.4 Å². The minimum atomic E-state index is 0.0272. The molecule has 2 saturated carbocycles. The Kier molecular flexibility index (Phi) is 3.20. The molecule has 2 heteroatoms. The van der Waals surface area contributed by atoms with Gasteiger partial charge in [-0.25, -0.2) is 0 Å². The summed E-state index contributed by atoms with van der Waals surface area (Å²) in [6.07, 6.45) is 10.9. The molecule has 0 aromatic heterocycles. The van der Waals surface area contributed by atoms with Crippen LogP contribution in [0.5, 0.6) is 0 Å². The third-order valence-corrected chi connectivity index (χ3v) is 6.00. The van der Waals surface area contributed by atoms with Gasteiger partial charge in [-0.3, -0.25) is 0 Å². The summed E-state index contributed by atoms with van der Waals surface area (Å²) in [5.74, 6) is 1.26. The Hall–Kier alpha value is -0.0800. The number of hydrogen-bond acceptors (Lipinski definition) is 1. The van der Waals surface area contributed by atoms with Crippen molar-refractivity contribution >= 4 is 0 Å². The van der Waals surface area contributed by atoms with Crippen LogP contribution in [0.3, 0.4) is 0 Å². The van der Waals surface area contributed by atoms with Crippen molar-refractivity contribution in [2.24, 2.45) is 11.8 Å². The van der Waals surface area contributed by atoms with Crippen molar-refractivity contribution in [3.8, 4) is 0 Å². The second-order valence-corrected chi connectivity index (χ2v) is 6.98. The van der Waals surface area contributed by atoms with E-state index in [1.165, 1.54) is 68.9 Å². The molecule has 2 bridgehead atoms. The highest BCUT2D eigenvalue weighted by molar-refractivity contribution is 4.92. The van der Waals surface area contributed by atoms with Crippen molar-refractivity contribution in [3.05, 3.63) is 0 Å². The molecule has 3 aliphatic rings. The Morgan fingerprint density at radius 3 is 2.41 bits per heavy atom. The second kappa shape index (κ2) is 4.55. The highest BCUT2D eigenvalue weighted by Crippen LogP contribution is 2.44. The predicted octanol–water partition coefficient (Wildman–Crippen LogP) is 2.56. The van der Waals surface area contributed by atoms with Crippen molar-refractivity contribution in [3.63, 3.8) is 0 Å². The second-order valence-electron chi connectivity index (χ2n) is 6.98. The number of likely N-dealkylation sites (tertiary alicyclic amines) is 1. The van der Waals surface area contributed by atoms with E-state index in [0.29, 0.717) is 11.8 Å². The summed E-state index contributed by atoms with van der Waals surface area (Å²) in [7, 11) is 2.46. The molecule has 4 atom stereocenters. The van der Waals surface area contributed by atoms with Crippen LogP contribution in [0.2, 0.25) is 0 Å². The van der Waals surface area contributed by atoms with Crippen molar-refractivity contribution in [1.29, 1.82) is 0 Å². The van der Waals surface area contributed by atoms with Gasteiger partial charge in [0.2, 0.25) is 0 Å². The molecule has 1 aliphatic heterocycles. The SMILES string of the molecule is C[N+]1([C@@H]2CC[C@H]3CCC[C@H]2[C@H]3O)CCCCC1. The molecule has 0 radical (unpaired) electrons. The summed E-state index contributed by atoms with van der Waals surface area (Å²) in [6, 6.07) is 0.766. The van der Waals surface area contributed by atoms with Crippen LogP contribution >= 0.6 is 0 Å². The lowest BCUT2D eigenvalue weighted by molar-refractivity contribution is -0.943. The maximum Gasteiger partial charge on any atom is 0.0941 e. The van der Waals surface area contributed by atoms with Gasteiger partial charge in [0.05, 0.1) is 32.3 Å². The topological polar surface area (TPSA) is 20.2 Å². The largest absolute Gasteiger partial charge is 0.392 e. The lowest BCUT2D eigenvalue weighted by Crippen LogP contribution is -2.62. The van der Waals surface area contributed by atoms with E-state index in [-0.39, 0.29) is 6.10 Å². The predicted molar refractivity (Wildman–Crippen MR) is 69.6 cm³/mol. The maximum absolute atomic E-state index is 10.5. The molecular formula is C15H28NO+. The first kappa shape index (κ1) is 12.0. The number of fused-ring (bicyclic) bond motifs is 2. The van der Waals surface area contributed by atoms with Crippen molar-refractivity contribution in [2.75, 3.05) is 20.1 Å². The molecule has 1 N–H and O–H groups in total. The van der Waals surface area contributed by atoms with Crippen LogP contribution in [0.4, 0.5) is 0 Å². The van der Waals surface area contributed by atoms with Crippen LogP contribution < -0.4 is 0 Å². The molecule has 0 amide bonds. The summed E-state index contributed by atoms with van der Waals surface area (Å²) < 4.78 is 1.27. The smallest absolute Gasteiger partial charge is 0.0941 e. The normalized spacial score (nSPS) is 45.5. The van der Waals surface area contributed by atoms with Gasteiger partial charge in [0.15, 0.2) is 0 Å². The summed E-state index contributed by atoms with van der Waals surface area (Å²) in [5, 5.41) is 10.5. The molecule has 17 heavy (non-hydrogen) atoms. The van der Waals surface area contributed by atoms with Crippen LogP contribution in [0.25, 0.3) is 0 Å². The molecule has 98 valence electrons. The lowest BCUT2D eigenvalue weighted by atomic mass is 9.66. The van der Waals surface area contributed by atoms with E-state index in [0.717, 1.165) is 6.04 Å². The fraction of sp³-hybridized carbons (Fsp3) is 1.00. The van der Waals surface area contributed by atoms with Crippen LogP contribution in [0.15, 0.2) is 0 Å². The molecule has 0 aromatic carbocycles. The van der Waals surface area contributed by atoms with Crippen molar-refractivity contribution < 1.29 is 9.59 Å². The van der Waals surface area contributed by atoms with Gasteiger partial charge in [0, 0.05) is 12.3 Å². The molecule has 2 aliphatic carbocycles. The molecular weight excluding hydrogens is 210 g/mol. The third-order valence-electron chi connectivity index (χ3n) is 6.00. The Labute approximate surface area is 106 Å². The van der Waals surface area contributed by atoms with E-state index in [2.05, 4.69) is 7.05 Å². The molecule has 1 saturated heterocycles. The standard InChI is InChI=1S/C15H28NO/c1-16(10-3-2-4-11-16)14-9-8-12-6-5-7-13(14)15(12)17/h12-15,17H,2-11H2,1H3/q+1/t12-,13-,14-,15+/m1/s1. The first-order valence-electron chi connectivity index (χ1n) is 7.73. The third kappa shape index (κ3) is 2.04. The Morgan fingerprint density at radius 2 is 1.65 bits per heavy atom. The monoisotopic (exact) mass is 238 g/mol. The molecule has 3 fully saturated rings. The van der Waals surface area contributed by atoms with Gasteiger partial charge in [-0.2, -0.15) is 0 Å². The van der Waals surface area contributed by atoms with E-state index in [1.807, 2.05) is 0 Å². The van der Waals surface area contributed by atoms with Gasteiger partial charge < -0.3 is 9.59 Å². The maximum atomic E-state index is 10.5. The highest BCUT2D eigenvalue weighted by atomic mass is 16.3. The summed E-state index contributed by atoms with van der Waals surface area (Å²) in [5.41, 5.74) is 0. The number of hydrogen-bond donors (Lipinski definition) is 1. The molecule has 3 rings (SSSR count). The minimum absolute atomic E-state index is 0.0272. The number of aliphatic hydroxyl groups is 1. The zero-order valence-corrected chi connectivity index (χ0v) is 11.3. The molecule has 2 nitrogen and oxygen atoms in total. The van der Waals surface area contributed by atoms with Gasteiger partial charge in [0.25, 0.3) is 0 Å². The number of rotatable bonds is 1. The van der Waals surface area contributed by atoms with Gasteiger partial charge >= 0.3 is 0 Å². The van der Waals surface area contributed by atoms with Gasteiger partial charge in [-0.15, -0.1) is 0 Å². The molecule has 0 aromatic rings. The quantitative estimate of drug-likeness (QED) is 0.696. The van der Waals surface area contributed by atoms with E-state index in [9.17, 15) is 5.11 Å². The summed E-state index contributed by atoms with van der Waals surface area (Å²) in [4.78, 5) is 0. The van der Waals surface area contributed by atoms with Gasteiger partial charge in [-0.1, -0.05) is 6.42 Å². The molecule has 1 heterocycles. The van der Waals surface area contributed by atoms with Crippen molar-refractivity contribution in [2.45, 2.75) is 63.5 Å². The van der Waals surface area contributed by atoms with Gasteiger partial charge in [-0.05, 0) is 44.4 Å². The number of nitrogens with zero attached hydrogens (tertiary/aromatic N) is 1. The fourth-order valence-corrected chi connectivity index (χ4v) is 4.98. The zero-order chi connectivity index (χ0) is 11.9. The number of piperidine rings is 1. The minimum Gasteiger partial charge on any atom is -0.392 e. The van der Waals surface area contributed by atoms with E-state index < -0.39 is 0 Å². The van der Waals surface area contributed by atoms with Crippen molar-refractivity contribution in [1.82, 2.24) is 0 Å². The average molecular weight is 238 g/mol. The Balaban J connectivity index is 1.77.